The van der Waals surface area contributed by atoms with Gasteiger partial charge in [0, 0.05) is 6.42 Å². The monoisotopic (exact) mass is 607 g/mol. The lowest BCUT2D eigenvalue weighted by atomic mass is 10.0. The molecule has 0 aromatic carbocycles. The number of aliphatic hydroxyl groups excluding tert-OH is 1. The highest BCUT2D eigenvalue weighted by Gasteiger charge is 2.26. The van der Waals surface area contributed by atoms with Crippen LogP contribution in [-0.2, 0) is 14.9 Å². The standard InChI is InChI=1S/C35H61NO5S/c1-3-5-7-9-11-12-13-14-15-16-17-18-19-20-21-22-23-24-25-27-29-31-35(38)36-33(32-42(39,40)41)34(37)30-28-26-10-8-6-4-2/h5,7,11-12,14-15,17-18,20-21,33-34,37H,3-4,6,8-10,13,16,19,22-32H2,1-2H3,(H,36,38)(H,39,40,41)/b7-5-,12-11-,15-14-,18-17-,21-20-. The topological polar surface area (TPSA) is 104 Å². The first-order valence-electron chi connectivity index (χ1n) is 16.5. The van der Waals surface area contributed by atoms with Gasteiger partial charge in [0.25, 0.3) is 10.1 Å². The van der Waals surface area contributed by atoms with Gasteiger partial charge in [-0.15, -0.1) is 0 Å². The van der Waals surface area contributed by atoms with Crippen LogP contribution in [0.4, 0.5) is 0 Å². The highest BCUT2D eigenvalue weighted by Crippen LogP contribution is 2.13. The first kappa shape index (κ1) is 40.0. The van der Waals surface area contributed by atoms with Gasteiger partial charge in [0.15, 0.2) is 0 Å². The molecule has 0 aliphatic heterocycles. The molecule has 0 radical (unpaired) electrons. The number of amides is 1. The van der Waals surface area contributed by atoms with Crippen LogP contribution < -0.4 is 5.32 Å². The number of aliphatic hydroxyl groups is 1. The number of allylic oxidation sites excluding steroid dienone is 10. The molecular formula is C35H61NO5S. The van der Waals surface area contributed by atoms with Crippen LogP contribution in [0.25, 0.3) is 0 Å². The van der Waals surface area contributed by atoms with Gasteiger partial charge in [-0.05, 0) is 57.8 Å². The van der Waals surface area contributed by atoms with Gasteiger partial charge in [0.05, 0.1) is 17.9 Å². The molecule has 0 spiro atoms. The fourth-order valence-corrected chi connectivity index (χ4v) is 5.30. The Kier molecular flexibility index (Phi) is 27.8. The minimum absolute atomic E-state index is 0.274. The molecule has 0 rings (SSSR count). The Hall–Kier alpha value is -1.96. The Morgan fingerprint density at radius 3 is 1.69 bits per heavy atom. The van der Waals surface area contributed by atoms with Crippen LogP contribution in [0.2, 0.25) is 0 Å². The molecule has 2 atom stereocenters. The summed E-state index contributed by atoms with van der Waals surface area (Å²) in [5, 5.41) is 13.1. The molecule has 7 heteroatoms. The van der Waals surface area contributed by atoms with Gasteiger partial charge in [-0.2, -0.15) is 8.42 Å². The Bertz CT molecular complexity index is 889. The molecular weight excluding hydrogens is 546 g/mol. The van der Waals surface area contributed by atoms with Gasteiger partial charge >= 0.3 is 0 Å². The van der Waals surface area contributed by atoms with Crippen molar-refractivity contribution in [2.45, 2.75) is 148 Å². The average molecular weight is 608 g/mol. The van der Waals surface area contributed by atoms with Crippen LogP contribution in [0, 0.1) is 0 Å². The van der Waals surface area contributed by atoms with Crippen LogP contribution >= 0.6 is 0 Å². The molecule has 0 aromatic rings. The van der Waals surface area contributed by atoms with Gasteiger partial charge < -0.3 is 10.4 Å². The van der Waals surface area contributed by atoms with E-state index in [9.17, 15) is 22.9 Å². The van der Waals surface area contributed by atoms with Gasteiger partial charge in [-0.3, -0.25) is 9.35 Å². The summed E-state index contributed by atoms with van der Waals surface area (Å²) in [7, 11) is -4.30. The van der Waals surface area contributed by atoms with Crippen molar-refractivity contribution in [3.63, 3.8) is 0 Å². The minimum Gasteiger partial charge on any atom is -0.391 e. The fraction of sp³-hybridized carbons (Fsp3) is 0.686. The van der Waals surface area contributed by atoms with Crippen molar-refractivity contribution < 1.29 is 22.9 Å². The van der Waals surface area contributed by atoms with E-state index in [0.29, 0.717) is 12.8 Å². The molecule has 0 saturated carbocycles. The van der Waals surface area contributed by atoms with Crippen molar-refractivity contribution in [3.8, 4) is 0 Å². The van der Waals surface area contributed by atoms with Crippen molar-refractivity contribution in [1.29, 1.82) is 0 Å². The van der Waals surface area contributed by atoms with Crippen molar-refractivity contribution >= 4 is 16.0 Å². The highest BCUT2D eigenvalue weighted by molar-refractivity contribution is 7.85. The SMILES string of the molecule is CC/C=C\C/C=C\C/C=C\C/C=C\C/C=C\CCCCCCCC(=O)NC(CS(=O)(=O)O)C(O)CCCCCCCC. The first-order chi connectivity index (χ1) is 20.3. The number of carbonyl (C=O) groups excluding carboxylic acids is 1. The van der Waals surface area contributed by atoms with Gasteiger partial charge in [0.2, 0.25) is 5.91 Å². The zero-order valence-corrected chi connectivity index (χ0v) is 27.4. The molecule has 0 bridgehead atoms. The lowest BCUT2D eigenvalue weighted by molar-refractivity contribution is -0.122. The Balaban J connectivity index is 3.93. The van der Waals surface area contributed by atoms with E-state index in [-0.39, 0.29) is 5.91 Å². The molecule has 0 saturated heterocycles. The van der Waals surface area contributed by atoms with Crippen LogP contribution in [0.1, 0.15) is 136 Å². The highest BCUT2D eigenvalue weighted by atomic mass is 32.2. The van der Waals surface area contributed by atoms with Crippen molar-refractivity contribution in [2.75, 3.05) is 5.75 Å². The third-order valence-electron chi connectivity index (χ3n) is 6.99. The summed E-state index contributed by atoms with van der Waals surface area (Å²) in [4.78, 5) is 12.4. The number of hydrogen-bond donors (Lipinski definition) is 3. The normalized spacial score (nSPS) is 14.3. The summed E-state index contributed by atoms with van der Waals surface area (Å²) in [5.74, 6) is -0.935. The molecule has 2 unspecified atom stereocenters. The lowest BCUT2D eigenvalue weighted by Crippen LogP contribution is -2.47. The fourth-order valence-electron chi connectivity index (χ4n) is 4.54. The number of carbonyl (C=O) groups is 1. The summed E-state index contributed by atoms with van der Waals surface area (Å²) in [6.45, 7) is 4.30. The molecule has 0 aliphatic carbocycles. The first-order valence-corrected chi connectivity index (χ1v) is 18.1. The third-order valence-corrected chi connectivity index (χ3v) is 7.77. The largest absolute Gasteiger partial charge is 0.391 e. The molecule has 1 amide bonds. The van der Waals surface area contributed by atoms with E-state index in [1.165, 1.54) is 6.42 Å². The van der Waals surface area contributed by atoms with Gasteiger partial charge in [-0.25, -0.2) is 0 Å². The molecule has 242 valence electrons. The number of rotatable bonds is 28. The van der Waals surface area contributed by atoms with E-state index < -0.39 is 28.0 Å². The number of nitrogens with one attached hydrogen (secondary N) is 1. The van der Waals surface area contributed by atoms with Crippen molar-refractivity contribution in [3.05, 3.63) is 60.8 Å². The predicted octanol–water partition coefficient (Wildman–Crippen LogP) is 8.95. The maximum Gasteiger partial charge on any atom is 0.266 e. The summed E-state index contributed by atoms with van der Waals surface area (Å²) in [5.41, 5.74) is 0. The van der Waals surface area contributed by atoms with Crippen LogP contribution in [0.5, 0.6) is 0 Å². The third kappa shape index (κ3) is 29.5. The molecule has 3 N–H and O–H groups in total. The second-order valence-electron chi connectivity index (χ2n) is 11.1. The number of unbranched alkanes of at least 4 members (excludes halogenated alkanes) is 10. The van der Waals surface area contributed by atoms with E-state index in [1.54, 1.807) is 0 Å². The Morgan fingerprint density at radius 1 is 0.667 bits per heavy atom. The predicted molar refractivity (Wildman–Crippen MR) is 179 cm³/mol. The summed E-state index contributed by atoms with van der Waals surface area (Å²) >= 11 is 0. The average Bonchev–Trinajstić information content (AvgIpc) is 2.94. The second kappa shape index (κ2) is 29.1. The van der Waals surface area contributed by atoms with Crippen LogP contribution in [0.15, 0.2) is 60.8 Å². The summed E-state index contributed by atoms with van der Waals surface area (Å²) < 4.78 is 32.1. The summed E-state index contributed by atoms with van der Waals surface area (Å²) in [6, 6.07) is -0.980. The molecule has 0 aliphatic rings. The van der Waals surface area contributed by atoms with E-state index in [1.807, 2.05) is 0 Å². The zero-order chi connectivity index (χ0) is 31.2. The zero-order valence-electron chi connectivity index (χ0n) is 26.6. The van der Waals surface area contributed by atoms with Crippen LogP contribution in [-0.4, -0.2) is 41.9 Å². The molecule has 42 heavy (non-hydrogen) atoms. The van der Waals surface area contributed by atoms with E-state index in [2.05, 4.69) is 79.9 Å². The van der Waals surface area contributed by atoms with E-state index in [4.69, 9.17) is 0 Å². The molecule has 0 aromatic heterocycles. The van der Waals surface area contributed by atoms with Crippen molar-refractivity contribution in [1.82, 2.24) is 5.32 Å². The smallest absolute Gasteiger partial charge is 0.266 e. The Morgan fingerprint density at radius 2 is 1.14 bits per heavy atom. The second-order valence-corrected chi connectivity index (χ2v) is 12.6. The molecule has 0 fully saturated rings. The number of hydrogen-bond acceptors (Lipinski definition) is 4. The van der Waals surface area contributed by atoms with Gasteiger partial charge in [-0.1, -0.05) is 132 Å². The molecule has 0 heterocycles. The van der Waals surface area contributed by atoms with Crippen LogP contribution in [0.3, 0.4) is 0 Å². The molecule has 6 nitrogen and oxygen atoms in total. The maximum absolute atomic E-state index is 12.4. The lowest BCUT2D eigenvalue weighted by Gasteiger charge is -2.23. The quantitative estimate of drug-likeness (QED) is 0.0468. The minimum atomic E-state index is -4.30. The maximum atomic E-state index is 12.4. The van der Waals surface area contributed by atoms with Gasteiger partial charge in [0.1, 0.15) is 0 Å². The summed E-state index contributed by atoms with van der Waals surface area (Å²) in [6.07, 6.45) is 39.1. The van der Waals surface area contributed by atoms with E-state index in [0.717, 1.165) is 103 Å². The Labute approximate surface area is 258 Å². The van der Waals surface area contributed by atoms with Crippen molar-refractivity contribution in [2.24, 2.45) is 0 Å². The van der Waals surface area contributed by atoms with E-state index >= 15 is 0 Å².